The largest absolute Gasteiger partial charge is 0.508 e. The van der Waals surface area contributed by atoms with Gasteiger partial charge in [0, 0.05) is 31.6 Å². The van der Waals surface area contributed by atoms with Gasteiger partial charge >= 0.3 is 0 Å². The second-order valence-electron chi connectivity index (χ2n) is 8.74. The van der Waals surface area contributed by atoms with E-state index in [2.05, 4.69) is 40.2 Å². The topological polar surface area (TPSA) is 66.3 Å². The van der Waals surface area contributed by atoms with Crippen molar-refractivity contribution in [2.24, 2.45) is 5.92 Å². The van der Waals surface area contributed by atoms with Crippen molar-refractivity contribution in [1.82, 2.24) is 9.97 Å². The molecule has 3 aromatic rings. The number of carbonyl (C=O) groups excluding carboxylic acids is 1. The molecule has 5 rings (SSSR count). The minimum Gasteiger partial charge on any atom is -0.508 e. The average molecular weight is 414 g/mol. The van der Waals surface area contributed by atoms with Gasteiger partial charge in [-0.05, 0) is 48.8 Å². The second kappa shape index (κ2) is 8.50. The van der Waals surface area contributed by atoms with Gasteiger partial charge in [-0.1, -0.05) is 48.5 Å². The molecule has 1 aliphatic carbocycles. The highest BCUT2D eigenvalue weighted by Crippen LogP contribution is 2.36. The summed E-state index contributed by atoms with van der Waals surface area (Å²) in [6.07, 6.45) is 6.11. The summed E-state index contributed by atoms with van der Waals surface area (Å²) in [5, 5.41) is 10.2. The molecule has 2 aromatic carbocycles. The zero-order valence-electron chi connectivity index (χ0n) is 17.6. The molecule has 2 heterocycles. The summed E-state index contributed by atoms with van der Waals surface area (Å²) >= 11 is 0. The number of rotatable bonds is 4. The van der Waals surface area contributed by atoms with Crippen molar-refractivity contribution in [3.05, 3.63) is 83.2 Å². The summed E-state index contributed by atoms with van der Waals surface area (Å²) in [7, 11) is 0. The van der Waals surface area contributed by atoms with E-state index in [1.54, 1.807) is 18.3 Å². The van der Waals surface area contributed by atoms with Gasteiger partial charge in [0.1, 0.15) is 5.75 Å². The van der Waals surface area contributed by atoms with Crippen molar-refractivity contribution < 1.29 is 9.90 Å². The number of phenolic OH excluding ortho intramolecular Hbond substituents is 1. The first-order chi connectivity index (χ1) is 15.2. The van der Waals surface area contributed by atoms with Gasteiger partial charge < -0.3 is 10.0 Å². The number of carbonyl (C=O) groups is 1. The molecule has 5 nitrogen and oxygen atoms in total. The van der Waals surface area contributed by atoms with Gasteiger partial charge in [-0.25, -0.2) is 9.97 Å². The summed E-state index contributed by atoms with van der Waals surface area (Å²) in [4.78, 5) is 24.3. The lowest BCUT2D eigenvalue weighted by atomic mass is 9.82. The third-order valence-corrected chi connectivity index (χ3v) is 6.67. The number of phenols is 1. The van der Waals surface area contributed by atoms with E-state index in [0.717, 1.165) is 49.6 Å². The van der Waals surface area contributed by atoms with E-state index in [1.165, 1.54) is 5.56 Å². The van der Waals surface area contributed by atoms with Crippen molar-refractivity contribution in [1.29, 1.82) is 0 Å². The minimum atomic E-state index is -0.0411. The number of benzene rings is 2. The van der Waals surface area contributed by atoms with Crippen LogP contribution in [0.25, 0.3) is 0 Å². The molecule has 1 saturated heterocycles. The first kappa shape index (κ1) is 19.7. The van der Waals surface area contributed by atoms with Crippen LogP contribution < -0.4 is 4.90 Å². The fourth-order valence-corrected chi connectivity index (χ4v) is 4.92. The normalized spacial score (nSPS) is 19.3. The van der Waals surface area contributed by atoms with E-state index >= 15 is 0 Å². The summed E-state index contributed by atoms with van der Waals surface area (Å²) in [5.41, 5.74) is 3.67. The van der Waals surface area contributed by atoms with Gasteiger partial charge in [0.2, 0.25) is 5.95 Å². The van der Waals surface area contributed by atoms with Crippen LogP contribution >= 0.6 is 0 Å². The predicted octanol–water partition coefficient (Wildman–Crippen LogP) is 4.55. The molecule has 1 N–H and O–H groups in total. The molecule has 1 aromatic heterocycles. The molecular weight excluding hydrogens is 386 g/mol. The maximum atomic E-state index is 12.7. The van der Waals surface area contributed by atoms with Crippen LogP contribution in [0.4, 0.5) is 5.95 Å². The number of para-hydroxylation sites is 1. The molecule has 1 unspecified atom stereocenters. The van der Waals surface area contributed by atoms with Gasteiger partial charge in [-0.2, -0.15) is 0 Å². The van der Waals surface area contributed by atoms with E-state index < -0.39 is 0 Å². The van der Waals surface area contributed by atoms with Crippen LogP contribution in [-0.4, -0.2) is 33.9 Å². The third-order valence-electron chi connectivity index (χ3n) is 6.67. The molecule has 0 radical (unpaired) electrons. The number of hydrogen-bond acceptors (Lipinski definition) is 5. The van der Waals surface area contributed by atoms with Gasteiger partial charge in [0.05, 0.1) is 11.3 Å². The lowest BCUT2D eigenvalue weighted by molar-refractivity contribution is 0.0962. The van der Waals surface area contributed by atoms with E-state index in [9.17, 15) is 9.90 Å². The number of aromatic nitrogens is 2. The van der Waals surface area contributed by atoms with Gasteiger partial charge in [0.15, 0.2) is 5.78 Å². The Morgan fingerprint density at radius 2 is 1.71 bits per heavy atom. The van der Waals surface area contributed by atoms with Crippen LogP contribution in [0.1, 0.15) is 52.4 Å². The molecule has 2 aliphatic rings. The Morgan fingerprint density at radius 1 is 0.968 bits per heavy atom. The first-order valence-electron chi connectivity index (χ1n) is 11.1. The molecule has 1 atom stereocenters. The Kier molecular flexibility index (Phi) is 5.41. The van der Waals surface area contributed by atoms with Crippen LogP contribution in [0.3, 0.4) is 0 Å². The summed E-state index contributed by atoms with van der Waals surface area (Å²) in [6.45, 7) is 1.88. The Hall–Kier alpha value is -3.21. The minimum absolute atomic E-state index is 0.0411. The lowest BCUT2D eigenvalue weighted by Crippen LogP contribution is -2.36. The third kappa shape index (κ3) is 4.18. The van der Waals surface area contributed by atoms with E-state index in [4.69, 9.17) is 4.98 Å². The fourth-order valence-electron chi connectivity index (χ4n) is 4.92. The van der Waals surface area contributed by atoms with Crippen LogP contribution in [0, 0.1) is 5.92 Å². The van der Waals surface area contributed by atoms with Crippen molar-refractivity contribution in [2.75, 3.05) is 18.0 Å². The number of ketones is 1. The molecule has 1 aliphatic heterocycles. The highest BCUT2D eigenvalue weighted by molar-refractivity contribution is 5.98. The molecule has 1 fully saturated rings. The molecule has 0 spiro atoms. The van der Waals surface area contributed by atoms with Crippen molar-refractivity contribution in [3.8, 4) is 5.75 Å². The highest BCUT2D eigenvalue weighted by atomic mass is 16.3. The van der Waals surface area contributed by atoms with Crippen LogP contribution in [0.15, 0.2) is 60.8 Å². The molecule has 0 amide bonds. The maximum absolute atomic E-state index is 12.7. The Balaban J connectivity index is 1.29. The zero-order chi connectivity index (χ0) is 21.2. The Labute approximate surface area is 182 Å². The SMILES string of the molecule is O=C1CC(c2ccccc2O)Cc2nc(N3CCC(Cc4ccccc4)CC3)ncc21. The predicted molar refractivity (Wildman–Crippen MR) is 121 cm³/mol. The van der Waals surface area contributed by atoms with Gasteiger partial charge in [-0.3, -0.25) is 4.79 Å². The molecule has 5 heteroatoms. The van der Waals surface area contributed by atoms with Crippen LogP contribution in [0.2, 0.25) is 0 Å². The second-order valence-corrected chi connectivity index (χ2v) is 8.74. The molecule has 0 bridgehead atoms. The van der Waals surface area contributed by atoms with Gasteiger partial charge in [0.25, 0.3) is 0 Å². The van der Waals surface area contributed by atoms with E-state index in [1.807, 2.05) is 12.1 Å². The standard InChI is InChI=1S/C26H27N3O2/c30-24-9-5-4-8-21(24)20-15-23-22(25(31)16-20)17-27-26(28-23)29-12-10-19(11-13-29)14-18-6-2-1-3-7-18/h1-9,17,19-20,30H,10-16H2. The average Bonchev–Trinajstić information content (AvgIpc) is 2.80. The quantitative estimate of drug-likeness (QED) is 0.679. The number of aromatic hydroxyl groups is 1. The maximum Gasteiger partial charge on any atom is 0.225 e. The highest BCUT2D eigenvalue weighted by Gasteiger charge is 2.30. The number of nitrogens with zero attached hydrogens (tertiary/aromatic N) is 3. The first-order valence-corrected chi connectivity index (χ1v) is 11.1. The van der Waals surface area contributed by atoms with Gasteiger partial charge in [-0.15, -0.1) is 0 Å². The van der Waals surface area contributed by atoms with Crippen molar-refractivity contribution >= 4 is 11.7 Å². The lowest BCUT2D eigenvalue weighted by Gasteiger charge is -2.33. The van der Waals surface area contributed by atoms with Crippen LogP contribution in [-0.2, 0) is 12.8 Å². The Bertz CT molecular complexity index is 1080. The van der Waals surface area contributed by atoms with E-state index in [0.29, 0.717) is 24.3 Å². The van der Waals surface area contributed by atoms with Crippen molar-refractivity contribution in [2.45, 2.75) is 38.0 Å². The molecule has 31 heavy (non-hydrogen) atoms. The fraction of sp³-hybridized carbons (Fsp3) is 0.346. The van der Waals surface area contributed by atoms with Crippen molar-refractivity contribution in [3.63, 3.8) is 0 Å². The number of Topliss-reactive ketones (excluding diaryl/α,β-unsaturated/α-hetero) is 1. The smallest absolute Gasteiger partial charge is 0.225 e. The van der Waals surface area contributed by atoms with Crippen LogP contribution in [0.5, 0.6) is 5.75 Å². The number of anilines is 1. The molecular formula is C26H27N3O2. The summed E-state index contributed by atoms with van der Waals surface area (Å²) < 4.78 is 0. The Morgan fingerprint density at radius 3 is 2.48 bits per heavy atom. The summed E-state index contributed by atoms with van der Waals surface area (Å²) in [5.74, 6) is 1.67. The monoisotopic (exact) mass is 413 g/mol. The molecule has 158 valence electrons. The molecule has 0 saturated carbocycles. The number of piperidine rings is 1. The zero-order valence-corrected chi connectivity index (χ0v) is 17.6. The van der Waals surface area contributed by atoms with E-state index in [-0.39, 0.29) is 17.5 Å². The number of fused-ring (bicyclic) bond motifs is 1. The summed E-state index contributed by atoms with van der Waals surface area (Å²) in [6, 6.07) is 18.0. The number of hydrogen-bond donors (Lipinski definition) is 1.